The molecule has 1 atom stereocenters. The average molecular weight is 287 g/mol. The topological polar surface area (TPSA) is 122 Å². The van der Waals surface area contributed by atoms with Crippen molar-refractivity contribution in [2.75, 3.05) is 27.8 Å². The number of rotatable bonds is 5. The maximum atomic E-state index is 9.38. The first-order valence-corrected chi connectivity index (χ1v) is 6.67. The quantitative estimate of drug-likeness (QED) is 0.368. The highest BCUT2D eigenvalue weighted by molar-refractivity contribution is 5.72. The van der Waals surface area contributed by atoms with Crippen molar-refractivity contribution in [1.29, 1.82) is 0 Å². The van der Waals surface area contributed by atoms with E-state index in [4.69, 9.17) is 17.2 Å². The maximum absolute atomic E-state index is 9.38. The van der Waals surface area contributed by atoms with E-state index in [1.807, 2.05) is 18.2 Å². The smallest absolute Gasteiger partial charge is 0.121 e. The molecule has 0 bridgehead atoms. The van der Waals surface area contributed by atoms with Crippen molar-refractivity contribution >= 4 is 28.4 Å². The van der Waals surface area contributed by atoms with Crippen molar-refractivity contribution in [1.82, 2.24) is 0 Å². The SMILES string of the molecule is CC(O)Nc1cc(NCc2cc(N)ccc2N)ccc1N. The number of nitrogens with two attached hydrogens (primary N) is 3. The van der Waals surface area contributed by atoms with Gasteiger partial charge in [-0.3, -0.25) is 0 Å². The van der Waals surface area contributed by atoms with Crippen LogP contribution in [0.25, 0.3) is 0 Å². The minimum Gasteiger partial charge on any atom is -0.399 e. The molecule has 21 heavy (non-hydrogen) atoms. The molecule has 0 saturated carbocycles. The fourth-order valence-corrected chi connectivity index (χ4v) is 1.99. The Morgan fingerprint density at radius 2 is 1.76 bits per heavy atom. The van der Waals surface area contributed by atoms with E-state index in [9.17, 15) is 5.11 Å². The van der Waals surface area contributed by atoms with Crippen LogP contribution in [0.15, 0.2) is 36.4 Å². The van der Waals surface area contributed by atoms with E-state index in [1.165, 1.54) is 0 Å². The normalized spacial score (nSPS) is 11.9. The van der Waals surface area contributed by atoms with Crippen LogP contribution in [0.5, 0.6) is 0 Å². The maximum Gasteiger partial charge on any atom is 0.121 e. The minimum atomic E-state index is -0.674. The summed E-state index contributed by atoms with van der Waals surface area (Å²) < 4.78 is 0. The summed E-state index contributed by atoms with van der Waals surface area (Å²) in [6.07, 6.45) is -0.674. The summed E-state index contributed by atoms with van der Waals surface area (Å²) in [5.41, 5.74) is 21.9. The molecule has 0 aliphatic heterocycles. The van der Waals surface area contributed by atoms with Gasteiger partial charge in [-0.15, -0.1) is 0 Å². The summed E-state index contributed by atoms with van der Waals surface area (Å²) in [5.74, 6) is 0. The van der Waals surface area contributed by atoms with Gasteiger partial charge < -0.3 is 32.9 Å². The number of anilines is 5. The number of aliphatic hydroxyl groups excluding tert-OH is 1. The Morgan fingerprint density at radius 3 is 2.48 bits per heavy atom. The summed E-state index contributed by atoms with van der Waals surface area (Å²) in [4.78, 5) is 0. The molecule has 1 unspecified atom stereocenters. The van der Waals surface area contributed by atoms with Gasteiger partial charge in [0.2, 0.25) is 0 Å². The van der Waals surface area contributed by atoms with Gasteiger partial charge in [0.05, 0.1) is 11.4 Å². The number of nitrogens with one attached hydrogen (secondary N) is 2. The Kier molecular flexibility index (Phi) is 4.39. The van der Waals surface area contributed by atoms with E-state index in [0.29, 0.717) is 29.3 Å². The van der Waals surface area contributed by atoms with Crippen molar-refractivity contribution < 1.29 is 5.11 Å². The Labute approximate surface area is 123 Å². The zero-order chi connectivity index (χ0) is 15.4. The number of nitrogen functional groups attached to an aromatic ring is 3. The van der Waals surface area contributed by atoms with Crippen molar-refractivity contribution in [3.05, 3.63) is 42.0 Å². The van der Waals surface area contributed by atoms with Gasteiger partial charge in [0.25, 0.3) is 0 Å². The predicted molar refractivity (Wildman–Crippen MR) is 88.8 cm³/mol. The van der Waals surface area contributed by atoms with Crippen molar-refractivity contribution in [2.45, 2.75) is 19.7 Å². The molecular formula is C15H21N5O. The zero-order valence-electron chi connectivity index (χ0n) is 11.9. The summed E-state index contributed by atoms with van der Waals surface area (Å²) in [6, 6.07) is 10.9. The standard InChI is InChI=1S/C15H21N5O/c1-9(21)20-15-7-12(3-5-14(15)18)19-8-10-6-11(16)2-4-13(10)17/h2-7,9,19-21H,8,16-18H2,1H3. The van der Waals surface area contributed by atoms with Crippen LogP contribution in [-0.4, -0.2) is 11.3 Å². The lowest BCUT2D eigenvalue weighted by Gasteiger charge is -2.15. The third kappa shape index (κ3) is 3.93. The van der Waals surface area contributed by atoms with Gasteiger partial charge in [0.15, 0.2) is 0 Å². The van der Waals surface area contributed by atoms with Crippen LogP contribution in [0.2, 0.25) is 0 Å². The Hall–Kier alpha value is -2.60. The van der Waals surface area contributed by atoms with Gasteiger partial charge in [-0.05, 0) is 48.9 Å². The van der Waals surface area contributed by atoms with E-state index in [2.05, 4.69) is 10.6 Å². The lowest BCUT2D eigenvalue weighted by Crippen LogP contribution is -2.15. The number of hydrogen-bond acceptors (Lipinski definition) is 6. The second-order valence-electron chi connectivity index (χ2n) is 4.93. The van der Waals surface area contributed by atoms with Crippen LogP contribution in [0.1, 0.15) is 12.5 Å². The monoisotopic (exact) mass is 287 g/mol. The molecule has 6 nitrogen and oxygen atoms in total. The first kappa shape index (κ1) is 14.8. The summed E-state index contributed by atoms with van der Waals surface area (Å²) >= 11 is 0. The number of hydrogen-bond donors (Lipinski definition) is 6. The molecular weight excluding hydrogens is 266 g/mol. The Bertz CT molecular complexity index is 627. The van der Waals surface area contributed by atoms with Crippen LogP contribution >= 0.6 is 0 Å². The molecule has 2 rings (SSSR count). The molecule has 0 fully saturated rings. The molecule has 0 radical (unpaired) electrons. The molecule has 0 spiro atoms. The molecule has 0 aliphatic rings. The van der Waals surface area contributed by atoms with Gasteiger partial charge >= 0.3 is 0 Å². The minimum absolute atomic E-state index is 0.551. The van der Waals surface area contributed by atoms with E-state index in [0.717, 1.165) is 11.3 Å². The molecule has 9 N–H and O–H groups in total. The molecule has 0 heterocycles. The van der Waals surface area contributed by atoms with Crippen LogP contribution in [0.4, 0.5) is 28.4 Å². The van der Waals surface area contributed by atoms with E-state index >= 15 is 0 Å². The molecule has 2 aromatic rings. The average Bonchev–Trinajstić information content (AvgIpc) is 2.42. The van der Waals surface area contributed by atoms with Crippen LogP contribution in [0.3, 0.4) is 0 Å². The van der Waals surface area contributed by atoms with Gasteiger partial charge in [-0.1, -0.05) is 0 Å². The van der Waals surface area contributed by atoms with E-state index in [-0.39, 0.29) is 0 Å². The van der Waals surface area contributed by atoms with Crippen molar-refractivity contribution in [3.63, 3.8) is 0 Å². The summed E-state index contributed by atoms with van der Waals surface area (Å²) in [6.45, 7) is 2.18. The zero-order valence-corrected chi connectivity index (χ0v) is 11.9. The lowest BCUT2D eigenvalue weighted by molar-refractivity contribution is 0.224. The third-order valence-electron chi connectivity index (χ3n) is 3.07. The summed E-state index contributed by atoms with van der Waals surface area (Å²) in [5, 5.41) is 15.5. The molecule has 0 aliphatic carbocycles. The fourth-order valence-electron chi connectivity index (χ4n) is 1.99. The Balaban J connectivity index is 2.11. The third-order valence-corrected chi connectivity index (χ3v) is 3.07. The van der Waals surface area contributed by atoms with E-state index < -0.39 is 6.23 Å². The van der Waals surface area contributed by atoms with Crippen LogP contribution < -0.4 is 27.8 Å². The van der Waals surface area contributed by atoms with Gasteiger partial charge in [0, 0.05) is 23.6 Å². The first-order valence-electron chi connectivity index (χ1n) is 6.67. The first-order chi connectivity index (χ1) is 9.95. The second-order valence-corrected chi connectivity index (χ2v) is 4.93. The molecule has 0 amide bonds. The second kappa shape index (κ2) is 6.23. The molecule has 6 heteroatoms. The highest BCUT2D eigenvalue weighted by Gasteiger charge is 2.04. The highest BCUT2D eigenvalue weighted by atomic mass is 16.3. The Morgan fingerprint density at radius 1 is 1.05 bits per heavy atom. The van der Waals surface area contributed by atoms with E-state index in [1.54, 1.807) is 25.1 Å². The van der Waals surface area contributed by atoms with Crippen molar-refractivity contribution in [2.24, 2.45) is 0 Å². The molecule has 0 aromatic heterocycles. The van der Waals surface area contributed by atoms with Crippen LogP contribution in [0, 0.1) is 0 Å². The predicted octanol–water partition coefficient (Wildman–Crippen LogP) is 1.80. The highest BCUT2D eigenvalue weighted by Crippen LogP contribution is 2.24. The number of aliphatic hydroxyl groups is 1. The van der Waals surface area contributed by atoms with Gasteiger partial charge in [0.1, 0.15) is 6.23 Å². The number of benzene rings is 2. The molecule has 2 aromatic carbocycles. The summed E-state index contributed by atoms with van der Waals surface area (Å²) in [7, 11) is 0. The van der Waals surface area contributed by atoms with Gasteiger partial charge in [-0.25, -0.2) is 0 Å². The lowest BCUT2D eigenvalue weighted by atomic mass is 10.1. The molecule has 112 valence electrons. The largest absolute Gasteiger partial charge is 0.399 e. The molecule has 0 saturated heterocycles. The fraction of sp³-hybridized carbons (Fsp3) is 0.200. The van der Waals surface area contributed by atoms with Crippen LogP contribution in [-0.2, 0) is 6.54 Å². The van der Waals surface area contributed by atoms with Gasteiger partial charge in [-0.2, -0.15) is 0 Å². The van der Waals surface area contributed by atoms with Crippen molar-refractivity contribution in [3.8, 4) is 0 Å².